The topological polar surface area (TPSA) is 9.86 Å². The summed E-state index contributed by atoms with van der Waals surface area (Å²) in [5.74, 6) is 0. The smallest absolute Gasteiger partial charge is 0.0723 e. The van der Waals surface area contributed by atoms with Crippen molar-refractivity contribution in [2.75, 3.05) is 0 Å². The van der Waals surface area contributed by atoms with Crippen LogP contribution in [-0.2, 0) is 18.3 Å². The van der Waals surface area contributed by atoms with Crippen LogP contribution in [0.2, 0.25) is 0 Å². The van der Waals surface area contributed by atoms with Crippen molar-refractivity contribution in [2.24, 2.45) is 0 Å². The van der Waals surface area contributed by atoms with Gasteiger partial charge in [0.15, 0.2) is 0 Å². The number of fused-ring (bicyclic) bond motifs is 21. The maximum absolute atomic E-state index is 2.61. The van der Waals surface area contributed by atoms with Gasteiger partial charge < -0.3 is 9.13 Å². The average Bonchev–Trinajstić information content (AvgIpc) is 4.19. The quantitative estimate of drug-likeness (QED) is 0.164. The molecule has 0 N–H and O–H groups in total. The van der Waals surface area contributed by atoms with E-state index >= 15 is 0 Å². The van der Waals surface area contributed by atoms with Gasteiger partial charge in [-0.1, -0.05) is 133 Å². The Labute approximate surface area is 376 Å². The van der Waals surface area contributed by atoms with Gasteiger partial charge >= 0.3 is 0 Å². The molecule has 1 spiro atoms. The normalized spacial score (nSPS) is 16.9. The third kappa shape index (κ3) is 4.26. The van der Waals surface area contributed by atoms with E-state index in [1.54, 1.807) is 0 Å². The molecule has 2 nitrogen and oxygen atoms in total. The Morgan fingerprint density at radius 3 is 1.49 bits per heavy atom. The predicted molar refractivity (Wildman–Crippen MR) is 269 cm³/mol. The van der Waals surface area contributed by atoms with Gasteiger partial charge in [0, 0.05) is 32.9 Å². The molecular formula is C63H40N2. The van der Waals surface area contributed by atoms with Crippen LogP contribution in [0.1, 0.15) is 57.3 Å². The Hall–Kier alpha value is -7.94. The van der Waals surface area contributed by atoms with Crippen LogP contribution in [0.15, 0.2) is 200 Å². The van der Waals surface area contributed by atoms with Crippen molar-refractivity contribution in [2.45, 2.75) is 31.1 Å². The van der Waals surface area contributed by atoms with E-state index in [0.717, 1.165) is 25.7 Å². The standard InChI is InChI=1S/C63H40N2/c1-3-15-43-37(13-1)29-39-25-27-41(31-49(39)43)64-59-23-11-7-19-47(59)53-33-51-45-17-5-9-21-55(45)63(57(51)35-61(53)64)56-22-10-6-18-46(56)52-34-54-48-20-8-12-24-60(48)65(62(54)36-58(52)63)42-28-26-40-30-38-14-2-4-16-44(38)50(40)32-42/h1-5,7-17,19-28,31-36H,6,18,29-30H2. The van der Waals surface area contributed by atoms with E-state index in [0.29, 0.717) is 0 Å². The van der Waals surface area contributed by atoms with Crippen molar-refractivity contribution < 1.29 is 0 Å². The highest BCUT2D eigenvalue weighted by Crippen LogP contribution is 2.65. The molecule has 0 fully saturated rings. The molecular weight excluding hydrogens is 785 g/mol. The molecule has 1 atom stereocenters. The number of aromatic nitrogens is 2. The van der Waals surface area contributed by atoms with Gasteiger partial charge in [-0.25, -0.2) is 0 Å². The largest absolute Gasteiger partial charge is 0.309 e. The van der Waals surface area contributed by atoms with Crippen LogP contribution in [0, 0.1) is 0 Å². The van der Waals surface area contributed by atoms with E-state index in [-0.39, 0.29) is 0 Å². The average molecular weight is 825 g/mol. The fourth-order valence-electron chi connectivity index (χ4n) is 13.4. The molecule has 16 rings (SSSR count). The molecule has 0 amide bonds. The number of benzene rings is 9. The SMILES string of the molecule is C1=CC2=C(CC1)c1cc3c4ccccc4n(-c4ccc5c(c4)-c4ccccc4C5)c3cc1C21c2ccccc2-c2cc3c4ccccc4n(-c4ccc5c(c4)-c4ccccc4C5)c3cc21. The molecule has 0 bridgehead atoms. The van der Waals surface area contributed by atoms with Gasteiger partial charge in [0.25, 0.3) is 0 Å². The van der Waals surface area contributed by atoms with Crippen molar-refractivity contribution in [3.05, 3.63) is 244 Å². The fraction of sp³-hybridized carbons (Fsp3) is 0.0794. The third-order valence-corrected chi connectivity index (χ3v) is 16.0. The predicted octanol–water partition coefficient (Wildman–Crippen LogP) is 15.5. The maximum atomic E-state index is 2.61. The monoisotopic (exact) mass is 824 g/mol. The van der Waals surface area contributed by atoms with Gasteiger partial charge in [-0.3, -0.25) is 0 Å². The Morgan fingerprint density at radius 1 is 0.354 bits per heavy atom. The van der Waals surface area contributed by atoms with Gasteiger partial charge in [-0.15, -0.1) is 0 Å². The summed E-state index contributed by atoms with van der Waals surface area (Å²) < 4.78 is 5.11. The van der Waals surface area contributed by atoms with Crippen LogP contribution in [0.5, 0.6) is 0 Å². The van der Waals surface area contributed by atoms with Gasteiger partial charge in [0.2, 0.25) is 0 Å². The van der Waals surface area contributed by atoms with Crippen molar-refractivity contribution in [1.82, 2.24) is 9.13 Å². The molecule has 9 aromatic carbocycles. The summed E-state index contributed by atoms with van der Waals surface area (Å²) >= 11 is 0. The lowest BCUT2D eigenvalue weighted by molar-refractivity contribution is 0.782. The Bertz CT molecular complexity index is 4070. The first-order valence-corrected chi connectivity index (χ1v) is 23.3. The summed E-state index contributed by atoms with van der Waals surface area (Å²) in [6.07, 6.45) is 8.99. The molecule has 65 heavy (non-hydrogen) atoms. The second-order valence-electron chi connectivity index (χ2n) is 19.0. The minimum Gasteiger partial charge on any atom is -0.309 e. The second kappa shape index (κ2) is 12.2. The van der Waals surface area contributed by atoms with E-state index in [9.17, 15) is 0 Å². The number of rotatable bonds is 2. The summed E-state index contributed by atoms with van der Waals surface area (Å²) in [5, 5.41) is 5.21. The lowest BCUT2D eigenvalue weighted by Crippen LogP contribution is -2.27. The van der Waals surface area contributed by atoms with Crippen LogP contribution in [-0.4, -0.2) is 9.13 Å². The maximum Gasteiger partial charge on any atom is 0.0723 e. The van der Waals surface area contributed by atoms with Crippen LogP contribution in [0.4, 0.5) is 0 Å². The number of hydrogen-bond donors (Lipinski definition) is 0. The lowest BCUT2D eigenvalue weighted by Gasteiger charge is -2.32. The highest BCUT2D eigenvalue weighted by atomic mass is 15.0. The van der Waals surface area contributed by atoms with Crippen molar-refractivity contribution in [1.29, 1.82) is 0 Å². The molecule has 0 radical (unpaired) electrons. The second-order valence-corrected chi connectivity index (χ2v) is 19.0. The summed E-state index contributed by atoms with van der Waals surface area (Å²) in [6, 6.07) is 70.0. The summed E-state index contributed by atoms with van der Waals surface area (Å²) in [6.45, 7) is 0. The van der Waals surface area contributed by atoms with Crippen molar-refractivity contribution in [3.8, 4) is 44.8 Å². The van der Waals surface area contributed by atoms with Crippen LogP contribution in [0.3, 0.4) is 0 Å². The lowest BCUT2D eigenvalue weighted by atomic mass is 9.69. The zero-order valence-corrected chi connectivity index (χ0v) is 35.7. The number of allylic oxidation sites excluding steroid dienone is 4. The fourth-order valence-corrected chi connectivity index (χ4v) is 13.4. The van der Waals surface area contributed by atoms with E-state index < -0.39 is 5.41 Å². The molecule has 302 valence electrons. The zero-order valence-electron chi connectivity index (χ0n) is 35.7. The van der Waals surface area contributed by atoms with Crippen molar-refractivity contribution in [3.63, 3.8) is 0 Å². The van der Waals surface area contributed by atoms with Gasteiger partial charge in [-0.2, -0.15) is 0 Å². The summed E-state index contributed by atoms with van der Waals surface area (Å²) in [4.78, 5) is 0. The van der Waals surface area contributed by atoms with E-state index in [1.807, 2.05) is 0 Å². The van der Waals surface area contributed by atoms with Crippen LogP contribution >= 0.6 is 0 Å². The summed E-state index contributed by atoms with van der Waals surface area (Å²) in [7, 11) is 0. The third-order valence-electron chi connectivity index (χ3n) is 16.0. The molecule has 2 aromatic heterocycles. The Balaban J connectivity index is 0.999. The minimum absolute atomic E-state index is 0.480. The molecule has 0 saturated carbocycles. The molecule has 5 aliphatic rings. The molecule has 2 heterocycles. The van der Waals surface area contributed by atoms with Crippen molar-refractivity contribution >= 4 is 49.2 Å². The highest BCUT2D eigenvalue weighted by Gasteiger charge is 2.53. The van der Waals surface area contributed by atoms with Gasteiger partial charge in [0.05, 0.1) is 27.5 Å². The number of nitrogens with zero attached hydrogens (tertiary/aromatic N) is 2. The molecule has 0 aliphatic heterocycles. The molecule has 0 saturated heterocycles. The van der Waals surface area contributed by atoms with E-state index in [1.165, 1.54) is 144 Å². The van der Waals surface area contributed by atoms with E-state index in [4.69, 9.17) is 0 Å². The molecule has 1 unspecified atom stereocenters. The van der Waals surface area contributed by atoms with Crippen LogP contribution in [0.25, 0.3) is 93.9 Å². The Kier molecular flexibility index (Phi) is 6.48. The molecule has 5 aliphatic carbocycles. The van der Waals surface area contributed by atoms with E-state index in [2.05, 4.69) is 203 Å². The molecule has 2 heteroatoms. The first-order valence-electron chi connectivity index (χ1n) is 23.3. The first-order chi connectivity index (χ1) is 32.2. The van der Waals surface area contributed by atoms with Crippen LogP contribution < -0.4 is 0 Å². The Morgan fingerprint density at radius 2 is 0.862 bits per heavy atom. The zero-order chi connectivity index (χ0) is 42.1. The van der Waals surface area contributed by atoms with Gasteiger partial charge in [-0.05, 0) is 175 Å². The number of para-hydroxylation sites is 2. The molecule has 11 aromatic rings. The summed E-state index contributed by atoms with van der Waals surface area (Å²) in [5.41, 5.74) is 29.2. The van der Waals surface area contributed by atoms with Gasteiger partial charge in [0.1, 0.15) is 0 Å². The minimum atomic E-state index is -0.480. The first kappa shape index (κ1) is 34.5. The highest BCUT2D eigenvalue weighted by molar-refractivity contribution is 6.15. The number of hydrogen-bond acceptors (Lipinski definition) is 0.